The minimum Gasteiger partial charge on any atom is -0.493 e. The van der Waals surface area contributed by atoms with Crippen LogP contribution in [0.5, 0.6) is 11.5 Å². The van der Waals surface area contributed by atoms with E-state index in [0.29, 0.717) is 11.5 Å². The first-order valence-corrected chi connectivity index (χ1v) is 6.65. The first-order valence-electron chi connectivity index (χ1n) is 6.65. The van der Waals surface area contributed by atoms with E-state index in [1.807, 2.05) is 0 Å². The van der Waals surface area contributed by atoms with E-state index >= 15 is 0 Å². The van der Waals surface area contributed by atoms with Gasteiger partial charge in [-0.2, -0.15) is 0 Å². The van der Waals surface area contributed by atoms with Gasteiger partial charge in [-0.05, 0) is 43.4 Å². The average Bonchev–Trinajstić information content (AvgIpc) is 2.92. The highest BCUT2D eigenvalue weighted by molar-refractivity contribution is 5.73. The van der Waals surface area contributed by atoms with Crippen LogP contribution in [0, 0.1) is 11.5 Å². The van der Waals surface area contributed by atoms with E-state index in [9.17, 15) is 4.79 Å². The molecule has 0 unspecified atom stereocenters. The third kappa shape index (κ3) is 3.64. The molecule has 1 aromatic carbocycles. The van der Waals surface area contributed by atoms with Crippen molar-refractivity contribution in [2.45, 2.75) is 38.2 Å². The molecule has 0 aliphatic heterocycles. The second-order valence-electron chi connectivity index (χ2n) is 4.75. The van der Waals surface area contributed by atoms with Crippen molar-refractivity contribution in [2.24, 2.45) is 0 Å². The lowest BCUT2D eigenvalue weighted by Gasteiger charge is -2.16. The molecule has 5 heteroatoms. The smallest absolute Gasteiger partial charge is 0.326 e. The van der Waals surface area contributed by atoms with Crippen LogP contribution in [0.3, 0.4) is 0 Å². The Labute approximate surface area is 118 Å². The number of methoxy groups -OCH3 is 1. The largest absolute Gasteiger partial charge is 0.493 e. The zero-order valence-corrected chi connectivity index (χ0v) is 11.4. The zero-order chi connectivity index (χ0) is 14.4. The summed E-state index contributed by atoms with van der Waals surface area (Å²) in [6.45, 7) is 0. The fraction of sp³-hybridized carbons (Fsp3) is 0.467. The second kappa shape index (κ2) is 6.80. The molecule has 0 saturated heterocycles. The topological polar surface area (TPSA) is 68.5 Å². The van der Waals surface area contributed by atoms with Crippen molar-refractivity contribution >= 4 is 5.97 Å². The molecule has 0 N–H and O–H groups in total. The maximum atomic E-state index is 11.3. The predicted molar refractivity (Wildman–Crippen MR) is 71.3 cm³/mol. The molecule has 106 valence electrons. The van der Waals surface area contributed by atoms with Gasteiger partial charge < -0.3 is 14.2 Å². The third-order valence-electron chi connectivity index (χ3n) is 3.33. The van der Waals surface area contributed by atoms with E-state index in [0.717, 1.165) is 18.4 Å². The standard InChI is InChI=1S/C15H17NO4/c1-18-13-7-6-11(9-15(17)19-10-16)8-14(13)20-12-4-2-3-5-12/h6-8,12H,2-5,9H2,1H3. The molecule has 0 radical (unpaired) electrons. The Balaban J connectivity index is 2.11. The van der Waals surface area contributed by atoms with Crippen LogP contribution < -0.4 is 9.47 Å². The fourth-order valence-electron chi connectivity index (χ4n) is 2.36. The van der Waals surface area contributed by atoms with Gasteiger partial charge in [-0.25, -0.2) is 0 Å². The Morgan fingerprint density at radius 3 is 2.75 bits per heavy atom. The maximum Gasteiger partial charge on any atom is 0.326 e. The summed E-state index contributed by atoms with van der Waals surface area (Å²) >= 11 is 0. The molecule has 0 spiro atoms. The quantitative estimate of drug-likeness (QED) is 0.610. The van der Waals surface area contributed by atoms with E-state index in [2.05, 4.69) is 4.74 Å². The van der Waals surface area contributed by atoms with Crippen molar-refractivity contribution in [3.63, 3.8) is 0 Å². The Kier molecular flexibility index (Phi) is 4.83. The maximum absolute atomic E-state index is 11.3. The first-order chi connectivity index (χ1) is 9.72. The number of benzene rings is 1. The Morgan fingerprint density at radius 2 is 2.10 bits per heavy atom. The molecule has 20 heavy (non-hydrogen) atoms. The molecule has 0 aromatic heterocycles. The van der Waals surface area contributed by atoms with Gasteiger partial charge in [0, 0.05) is 0 Å². The van der Waals surface area contributed by atoms with Crippen molar-refractivity contribution in [1.29, 1.82) is 5.26 Å². The fourth-order valence-corrected chi connectivity index (χ4v) is 2.36. The van der Waals surface area contributed by atoms with Crippen LogP contribution in [0.15, 0.2) is 18.2 Å². The summed E-state index contributed by atoms with van der Waals surface area (Å²) in [7, 11) is 1.58. The molecule has 0 heterocycles. The van der Waals surface area contributed by atoms with Crippen LogP contribution in [-0.4, -0.2) is 19.2 Å². The minimum absolute atomic E-state index is 0.0403. The summed E-state index contributed by atoms with van der Waals surface area (Å²) in [5.74, 6) is 0.709. The normalized spacial score (nSPS) is 14.6. The van der Waals surface area contributed by atoms with Crippen molar-refractivity contribution in [2.75, 3.05) is 7.11 Å². The van der Waals surface area contributed by atoms with Gasteiger partial charge in [-0.3, -0.25) is 4.79 Å². The number of nitrogens with zero attached hydrogens (tertiary/aromatic N) is 1. The lowest BCUT2D eigenvalue weighted by Crippen LogP contribution is -2.12. The lowest BCUT2D eigenvalue weighted by atomic mass is 10.1. The molecule has 1 aliphatic rings. The molecule has 0 bridgehead atoms. The van der Waals surface area contributed by atoms with Gasteiger partial charge in [0.15, 0.2) is 11.5 Å². The number of nitriles is 1. The van der Waals surface area contributed by atoms with Gasteiger partial charge >= 0.3 is 5.97 Å². The molecule has 1 saturated carbocycles. The van der Waals surface area contributed by atoms with Gasteiger partial charge in [-0.1, -0.05) is 6.07 Å². The number of carbonyl (C=O) groups is 1. The summed E-state index contributed by atoms with van der Waals surface area (Å²) in [6.07, 6.45) is 6.09. The van der Waals surface area contributed by atoms with Gasteiger partial charge in [0.05, 0.1) is 19.6 Å². The average molecular weight is 275 g/mol. The number of hydrogen-bond donors (Lipinski definition) is 0. The zero-order valence-electron chi connectivity index (χ0n) is 11.4. The lowest BCUT2D eigenvalue weighted by molar-refractivity contribution is -0.136. The molecule has 5 nitrogen and oxygen atoms in total. The molecule has 2 rings (SSSR count). The van der Waals surface area contributed by atoms with Crippen LogP contribution in [-0.2, 0) is 16.0 Å². The molecule has 0 atom stereocenters. The van der Waals surface area contributed by atoms with Gasteiger partial charge in [0.1, 0.15) is 0 Å². The minimum atomic E-state index is -0.579. The van der Waals surface area contributed by atoms with Crippen LogP contribution in [0.2, 0.25) is 0 Å². The number of rotatable bonds is 5. The Hall–Kier alpha value is -2.22. The highest BCUT2D eigenvalue weighted by Crippen LogP contribution is 2.32. The number of hydrogen-bond acceptors (Lipinski definition) is 5. The third-order valence-corrected chi connectivity index (χ3v) is 3.33. The second-order valence-corrected chi connectivity index (χ2v) is 4.75. The van der Waals surface area contributed by atoms with Crippen molar-refractivity contribution in [1.82, 2.24) is 0 Å². The van der Waals surface area contributed by atoms with Crippen molar-refractivity contribution < 1.29 is 19.0 Å². The predicted octanol–water partition coefficient (Wildman–Crippen LogP) is 2.58. The molecule has 1 fully saturated rings. The highest BCUT2D eigenvalue weighted by atomic mass is 16.5. The van der Waals surface area contributed by atoms with E-state index in [1.54, 1.807) is 25.3 Å². The number of carbonyl (C=O) groups excluding carboxylic acids is 1. The van der Waals surface area contributed by atoms with E-state index < -0.39 is 5.97 Å². The van der Waals surface area contributed by atoms with Gasteiger partial charge in [0.2, 0.25) is 0 Å². The van der Waals surface area contributed by atoms with Crippen LogP contribution in [0.1, 0.15) is 31.2 Å². The van der Waals surface area contributed by atoms with Gasteiger partial charge in [-0.15, -0.1) is 5.26 Å². The molecule has 1 aliphatic carbocycles. The van der Waals surface area contributed by atoms with E-state index in [1.165, 1.54) is 19.1 Å². The first kappa shape index (κ1) is 14.2. The molecular weight excluding hydrogens is 258 g/mol. The van der Waals surface area contributed by atoms with E-state index in [4.69, 9.17) is 14.7 Å². The van der Waals surface area contributed by atoms with Crippen LogP contribution in [0.25, 0.3) is 0 Å². The van der Waals surface area contributed by atoms with Crippen LogP contribution >= 0.6 is 0 Å². The SMILES string of the molecule is COc1ccc(CC(=O)OC#N)cc1OC1CCCC1. The molecule has 1 aromatic rings. The summed E-state index contributed by atoms with van der Waals surface area (Å²) in [5, 5.41) is 8.30. The van der Waals surface area contributed by atoms with Crippen molar-refractivity contribution in [3.05, 3.63) is 23.8 Å². The van der Waals surface area contributed by atoms with E-state index in [-0.39, 0.29) is 12.5 Å². The molecular formula is C15H17NO4. The number of ether oxygens (including phenoxy) is 3. The Morgan fingerprint density at radius 1 is 1.35 bits per heavy atom. The summed E-state index contributed by atoms with van der Waals surface area (Å²) in [4.78, 5) is 11.3. The molecule has 0 amide bonds. The van der Waals surface area contributed by atoms with Crippen LogP contribution in [0.4, 0.5) is 0 Å². The van der Waals surface area contributed by atoms with Crippen molar-refractivity contribution in [3.8, 4) is 17.8 Å². The summed E-state index contributed by atoms with van der Waals surface area (Å²) < 4.78 is 15.5. The Bertz CT molecular complexity index is 515. The highest BCUT2D eigenvalue weighted by Gasteiger charge is 2.19. The van der Waals surface area contributed by atoms with Gasteiger partial charge in [0.25, 0.3) is 6.26 Å². The summed E-state index contributed by atoms with van der Waals surface area (Å²) in [6, 6.07) is 5.30. The monoisotopic (exact) mass is 275 g/mol. The number of esters is 1. The summed E-state index contributed by atoms with van der Waals surface area (Å²) in [5.41, 5.74) is 0.735.